The van der Waals surface area contributed by atoms with Crippen LogP contribution in [0.3, 0.4) is 0 Å². The maximum Gasteiger partial charge on any atom is 0.248 e. The van der Waals surface area contributed by atoms with E-state index in [1.807, 2.05) is 61.6 Å². The van der Waals surface area contributed by atoms with Crippen LogP contribution >= 0.6 is 0 Å². The molecule has 3 aromatic heterocycles. The van der Waals surface area contributed by atoms with Gasteiger partial charge in [-0.3, -0.25) is 14.9 Å². The third kappa shape index (κ3) is 7.37. The summed E-state index contributed by atoms with van der Waals surface area (Å²) in [6.45, 7) is 5.76. The number of aromatic nitrogens is 5. The van der Waals surface area contributed by atoms with E-state index in [9.17, 15) is 4.79 Å². The maximum absolute atomic E-state index is 12.1. The Balaban J connectivity index is 1.19. The Bertz CT molecular complexity index is 1530. The number of likely N-dealkylation sites (N-methyl/N-ethyl adjacent to an activating group) is 1. The van der Waals surface area contributed by atoms with E-state index in [2.05, 4.69) is 56.0 Å². The van der Waals surface area contributed by atoms with Crippen molar-refractivity contribution < 1.29 is 4.79 Å². The fourth-order valence-corrected chi connectivity index (χ4v) is 5.50. The zero-order chi connectivity index (χ0) is 29.5. The molecule has 0 saturated heterocycles. The molecule has 10 heteroatoms. The number of nitrogens with one attached hydrogen (secondary N) is 4. The third-order valence-electron chi connectivity index (χ3n) is 7.78. The minimum Gasteiger partial charge on any atom is -0.351 e. The van der Waals surface area contributed by atoms with Crippen molar-refractivity contribution in [2.75, 3.05) is 31.3 Å². The lowest BCUT2D eigenvalue weighted by Crippen LogP contribution is -2.48. The molecular weight excluding hydrogens is 526 g/mol. The second kappa shape index (κ2) is 13.2. The topological polar surface area (TPSA) is 124 Å². The van der Waals surface area contributed by atoms with E-state index in [1.54, 1.807) is 12.3 Å². The number of aromatic amines is 1. The Morgan fingerprint density at radius 2 is 2.00 bits per heavy atom. The van der Waals surface area contributed by atoms with Gasteiger partial charge in [0.1, 0.15) is 5.69 Å². The van der Waals surface area contributed by atoms with Crippen LogP contribution in [0.2, 0.25) is 0 Å². The molecule has 0 aliphatic heterocycles. The summed E-state index contributed by atoms with van der Waals surface area (Å²) in [6.07, 6.45) is 12.0. The molecule has 2 atom stereocenters. The minimum atomic E-state index is -0.157. The van der Waals surface area contributed by atoms with E-state index in [4.69, 9.17) is 4.98 Å². The summed E-state index contributed by atoms with van der Waals surface area (Å²) < 4.78 is 0. The first-order valence-electron chi connectivity index (χ1n) is 14.7. The molecule has 1 saturated carbocycles. The number of carbonyl (C=O) groups is 1. The lowest BCUT2D eigenvalue weighted by molar-refractivity contribution is -0.111. The number of hydrogen-bond donors (Lipinski definition) is 4. The molecule has 4 N–H and O–H groups in total. The lowest BCUT2D eigenvalue weighted by Gasteiger charge is -2.39. The fourth-order valence-electron chi connectivity index (χ4n) is 5.50. The van der Waals surface area contributed by atoms with Crippen LogP contribution in [0, 0.1) is 0 Å². The number of nitrogens with zero attached hydrogens (tertiary/aromatic N) is 5. The van der Waals surface area contributed by atoms with Crippen LogP contribution in [0.4, 0.5) is 11.6 Å². The summed E-state index contributed by atoms with van der Waals surface area (Å²) in [5.74, 6) is 0.482. The number of carbonyl (C=O) groups excluding carboxylic acids is 1. The Kier molecular flexibility index (Phi) is 9.24. The van der Waals surface area contributed by atoms with Gasteiger partial charge in [0.15, 0.2) is 0 Å². The second-order valence-corrected chi connectivity index (χ2v) is 11.6. The molecule has 220 valence electrons. The molecule has 1 amide bonds. The van der Waals surface area contributed by atoms with Crippen molar-refractivity contribution >= 4 is 28.4 Å². The molecule has 0 unspecified atom stereocenters. The Morgan fingerprint density at radius 3 is 2.79 bits per heavy atom. The summed E-state index contributed by atoms with van der Waals surface area (Å²) in [5.41, 5.74) is 5.38. The Labute approximate surface area is 247 Å². The second-order valence-electron chi connectivity index (χ2n) is 11.6. The molecular formula is C32H41N9O. The number of aryl methyl sites for hydroxylation is 1. The first kappa shape index (κ1) is 29.3. The molecule has 3 heterocycles. The number of hydrogen-bond acceptors (Lipinski definition) is 8. The van der Waals surface area contributed by atoms with Crippen molar-refractivity contribution in [3.05, 3.63) is 72.2 Å². The summed E-state index contributed by atoms with van der Waals surface area (Å²) >= 11 is 0. The van der Waals surface area contributed by atoms with E-state index >= 15 is 0 Å². The predicted molar refractivity (Wildman–Crippen MR) is 168 cm³/mol. The number of fused-ring (bicyclic) bond motifs is 1. The smallest absolute Gasteiger partial charge is 0.248 e. The van der Waals surface area contributed by atoms with Crippen LogP contribution in [-0.2, 0) is 17.8 Å². The lowest BCUT2D eigenvalue weighted by atomic mass is 9.80. The van der Waals surface area contributed by atoms with E-state index in [1.165, 1.54) is 0 Å². The summed E-state index contributed by atoms with van der Waals surface area (Å²) in [6, 6.07) is 12.2. The molecule has 10 nitrogen and oxygen atoms in total. The highest BCUT2D eigenvalue weighted by Crippen LogP contribution is 2.32. The van der Waals surface area contributed by atoms with Crippen molar-refractivity contribution in [1.82, 2.24) is 35.4 Å². The Hall–Kier alpha value is -4.15. The van der Waals surface area contributed by atoms with Gasteiger partial charge in [-0.1, -0.05) is 31.2 Å². The molecule has 4 aromatic rings. The third-order valence-corrected chi connectivity index (χ3v) is 7.78. The van der Waals surface area contributed by atoms with Gasteiger partial charge in [0, 0.05) is 42.3 Å². The molecule has 42 heavy (non-hydrogen) atoms. The first-order valence-corrected chi connectivity index (χ1v) is 14.7. The fraction of sp³-hybridized carbons (Fsp3) is 0.406. The average Bonchev–Trinajstić information content (AvgIpc) is 3.41. The van der Waals surface area contributed by atoms with Gasteiger partial charge in [0.05, 0.1) is 28.8 Å². The number of amides is 1. The Morgan fingerprint density at radius 1 is 1.14 bits per heavy atom. The van der Waals surface area contributed by atoms with Crippen LogP contribution in [0.15, 0.2) is 60.9 Å². The molecule has 1 fully saturated rings. The van der Waals surface area contributed by atoms with Crippen molar-refractivity contribution in [3.63, 3.8) is 0 Å². The van der Waals surface area contributed by atoms with Crippen LogP contribution in [0.1, 0.15) is 50.8 Å². The van der Waals surface area contributed by atoms with Gasteiger partial charge in [0.25, 0.3) is 0 Å². The normalized spacial score (nSPS) is 19.0. The van der Waals surface area contributed by atoms with Crippen LogP contribution in [0.5, 0.6) is 0 Å². The summed E-state index contributed by atoms with van der Waals surface area (Å²) in [4.78, 5) is 28.3. The average molecular weight is 568 g/mol. The highest BCUT2D eigenvalue weighted by molar-refractivity contribution is 5.99. The molecule has 0 radical (unpaired) electrons. The van der Waals surface area contributed by atoms with Gasteiger partial charge in [-0.25, -0.2) is 9.97 Å². The summed E-state index contributed by atoms with van der Waals surface area (Å²) in [7, 11) is 3.92. The van der Waals surface area contributed by atoms with Gasteiger partial charge in [-0.05, 0) is 76.9 Å². The van der Waals surface area contributed by atoms with Crippen molar-refractivity contribution in [2.24, 2.45) is 0 Å². The van der Waals surface area contributed by atoms with E-state index < -0.39 is 0 Å². The number of benzene rings is 1. The van der Waals surface area contributed by atoms with Crippen LogP contribution < -0.4 is 16.0 Å². The van der Waals surface area contributed by atoms with Gasteiger partial charge in [-0.15, -0.1) is 0 Å². The largest absolute Gasteiger partial charge is 0.351 e. The van der Waals surface area contributed by atoms with Crippen LogP contribution in [-0.4, -0.2) is 68.2 Å². The molecule has 1 aliphatic rings. The number of rotatable bonds is 11. The van der Waals surface area contributed by atoms with Gasteiger partial charge in [0.2, 0.25) is 11.9 Å². The number of anilines is 2. The van der Waals surface area contributed by atoms with E-state index in [0.29, 0.717) is 24.7 Å². The highest BCUT2D eigenvalue weighted by Gasteiger charge is 2.32. The zero-order valence-corrected chi connectivity index (χ0v) is 24.9. The van der Waals surface area contributed by atoms with Gasteiger partial charge < -0.3 is 20.9 Å². The summed E-state index contributed by atoms with van der Waals surface area (Å²) in [5, 5.41) is 19.0. The SMILES string of the molecule is CCc1cnc(N[C@@H]2CCC[C@](C)(NCc3ccc(NC(=O)/C=C/CN(C)C)cn3)C2)nc1-c1n[nH]c2ccccc12. The number of pyridine rings is 1. The van der Waals surface area contributed by atoms with E-state index in [-0.39, 0.29) is 17.5 Å². The number of para-hydroxylation sites is 1. The zero-order valence-electron chi connectivity index (χ0n) is 24.9. The quantitative estimate of drug-likeness (QED) is 0.188. The van der Waals surface area contributed by atoms with Crippen LogP contribution in [0.25, 0.3) is 22.3 Å². The standard InChI is InChI=1S/C32H41N9O/c1-5-22-19-34-31(38-29(22)30-26-11-6-7-12-27(26)39-40-30)37-23-10-8-16-32(2,18-23)35-21-24-14-15-25(20-33-24)36-28(42)13-9-17-41(3)4/h6-7,9,11-15,19-20,23,35H,5,8,10,16-18,21H2,1-4H3,(H,36,42)(H,39,40)(H,34,37,38)/b13-9+/t23-,32+/m1/s1. The minimum absolute atomic E-state index is 0.0493. The first-order chi connectivity index (χ1) is 20.3. The van der Waals surface area contributed by atoms with Crippen molar-refractivity contribution in [3.8, 4) is 11.4 Å². The van der Waals surface area contributed by atoms with Crippen molar-refractivity contribution in [1.29, 1.82) is 0 Å². The predicted octanol–water partition coefficient (Wildman–Crippen LogP) is 4.94. The maximum atomic E-state index is 12.1. The van der Waals surface area contributed by atoms with E-state index in [0.717, 1.165) is 65.7 Å². The molecule has 0 bridgehead atoms. The molecule has 5 rings (SSSR count). The van der Waals surface area contributed by atoms with Crippen molar-refractivity contribution in [2.45, 2.75) is 64.1 Å². The monoisotopic (exact) mass is 567 g/mol. The molecule has 1 aromatic carbocycles. The molecule has 1 aliphatic carbocycles. The highest BCUT2D eigenvalue weighted by atomic mass is 16.1. The van der Waals surface area contributed by atoms with Gasteiger partial charge >= 0.3 is 0 Å². The number of H-pyrrole nitrogens is 1. The van der Waals surface area contributed by atoms with Gasteiger partial charge in [-0.2, -0.15) is 5.10 Å². The molecule has 0 spiro atoms.